The number of aryl methyl sites for hydroxylation is 1. The summed E-state index contributed by atoms with van der Waals surface area (Å²) in [6, 6.07) is 3.93. The number of hydrogen-bond donors (Lipinski definition) is 0. The number of aromatic nitrogens is 2. The summed E-state index contributed by atoms with van der Waals surface area (Å²) in [5.74, 6) is 0.697. The van der Waals surface area contributed by atoms with Gasteiger partial charge in [-0.2, -0.15) is 0 Å². The lowest BCUT2D eigenvalue weighted by Crippen LogP contribution is -2.38. The van der Waals surface area contributed by atoms with Gasteiger partial charge < -0.3 is 5.21 Å². The van der Waals surface area contributed by atoms with Crippen LogP contribution in [-0.2, 0) is 12.8 Å². The zero-order chi connectivity index (χ0) is 11.4. The van der Waals surface area contributed by atoms with E-state index in [2.05, 4.69) is 5.10 Å². The highest BCUT2D eigenvalue weighted by molar-refractivity contribution is 5.04. The molecule has 0 saturated heterocycles. The summed E-state index contributed by atoms with van der Waals surface area (Å²) >= 11 is 0. The predicted molar refractivity (Wildman–Crippen MR) is 62.9 cm³/mol. The topological polar surface area (TPSA) is 39.8 Å². The lowest BCUT2D eigenvalue weighted by molar-refractivity contribution is -0.678. The van der Waals surface area contributed by atoms with Crippen LogP contribution in [0.15, 0.2) is 12.1 Å². The maximum Gasteiger partial charge on any atom is 0.222 e. The van der Waals surface area contributed by atoms with Crippen LogP contribution in [0.5, 0.6) is 0 Å². The van der Waals surface area contributed by atoms with E-state index in [0.29, 0.717) is 5.92 Å². The van der Waals surface area contributed by atoms with E-state index in [9.17, 15) is 5.21 Å². The van der Waals surface area contributed by atoms with Gasteiger partial charge in [0.1, 0.15) is 5.69 Å². The van der Waals surface area contributed by atoms with E-state index in [0.717, 1.165) is 29.1 Å². The van der Waals surface area contributed by atoms with Crippen molar-refractivity contribution in [2.75, 3.05) is 0 Å². The summed E-state index contributed by atoms with van der Waals surface area (Å²) in [5.41, 5.74) is 1.71. The summed E-state index contributed by atoms with van der Waals surface area (Å²) < 4.78 is 0. The predicted octanol–water partition coefficient (Wildman–Crippen LogP) is 2.40. The van der Waals surface area contributed by atoms with E-state index in [-0.39, 0.29) is 0 Å². The summed E-state index contributed by atoms with van der Waals surface area (Å²) in [6.07, 6.45) is 8.28. The Kier molecular flexibility index (Phi) is 3.75. The minimum atomic E-state index is 0.697. The second-order valence-corrected chi connectivity index (χ2v) is 4.75. The number of rotatable bonds is 3. The van der Waals surface area contributed by atoms with Gasteiger partial charge in [-0.1, -0.05) is 31.0 Å². The Balaban J connectivity index is 2.03. The molecule has 1 aliphatic rings. The summed E-state index contributed by atoms with van der Waals surface area (Å²) in [6.45, 7) is 2.02. The third-order valence-corrected chi connectivity index (χ3v) is 3.52. The van der Waals surface area contributed by atoms with Gasteiger partial charge in [-0.05, 0) is 31.2 Å². The maximum atomic E-state index is 11.7. The van der Waals surface area contributed by atoms with Crippen molar-refractivity contribution in [2.24, 2.45) is 5.92 Å². The molecule has 1 aliphatic carbocycles. The molecular formula is C13H20N2O. The fourth-order valence-corrected chi connectivity index (χ4v) is 2.49. The van der Waals surface area contributed by atoms with Gasteiger partial charge in [0.25, 0.3) is 0 Å². The first-order valence-corrected chi connectivity index (χ1v) is 6.38. The quantitative estimate of drug-likeness (QED) is 0.579. The largest absolute Gasteiger partial charge is 0.594 e. The smallest absolute Gasteiger partial charge is 0.222 e. The van der Waals surface area contributed by atoms with Gasteiger partial charge in [0, 0.05) is 17.6 Å². The molecule has 0 unspecified atom stereocenters. The number of hydrogen-bond acceptors (Lipinski definition) is 2. The van der Waals surface area contributed by atoms with Crippen molar-refractivity contribution in [3.63, 3.8) is 0 Å². The second kappa shape index (κ2) is 5.28. The van der Waals surface area contributed by atoms with Gasteiger partial charge in [-0.3, -0.25) is 0 Å². The van der Waals surface area contributed by atoms with Crippen molar-refractivity contribution >= 4 is 0 Å². The zero-order valence-electron chi connectivity index (χ0n) is 9.98. The Morgan fingerprint density at radius 2 is 2.06 bits per heavy atom. The van der Waals surface area contributed by atoms with Crippen molar-refractivity contribution in [3.05, 3.63) is 28.7 Å². The van der Waals surface area contributed by atoms with Crippen LogP contribution in [0.1, 0.15) is 50.4 Å². The van der Waals surface area contributed by atoms with Gasteiger partial charge in [0.05, 0.1) is 0 Å². The second-order valence-electron chi connectivity index (χ2n) is 4.75. The van der Waals surface area contributed by atoms with E-state index in [1.807, 2.05) is 19.1 Å². The molecule has 1 aromatic rings. The molecule has 0 spiro atoms. The molecule has 0 N–H and O–H groups in total. The molecule has 1 saturated carbocycles. The van der Waals surface area contributed by atoms with Gasteiger partial charge in [-0.15, -0.1) is 0 Å². The lowest BCUT2D eigenvalue weighted by Gasteiger charge is -2.20. The molecule has 0 amide bonds. The highest BCUT2D eigenvalue weighted by Crippen LogP contribution is 2.25. The average Bonchev–Trinajstić information content (AvgIpc) is 2.33. The average molecular weight is 220 g/mol. The van der Waals surface area contributed by atoms with Crippen molar-refractivity contribution in [3.8, 4) is 0 Å². The Morgan fingerprint density at radius 3 is 2.69 bits per heavy atom. The molecule has 3 heteroatoms. The standard InChI is InChI=1S/C13H20N2O/c1-2-12-8-9-13(15(16)14-12)10-11-6-4-3-5-7-11/h8-9,11H,2-7,10H2,1H3. The highest BCUT2D eigenvalue weighted by atomic mass is 16.5. The minimum absolute atomic E-state index is 0.697. The van der Waals surface area contributed by atoms with Crippen LogP contribution in [0.2, 0.25) is 0 Å². The monoisotopic (exact) mass is 220 g/mol. The summed E-state index contributed by atoms with van der Waals surface area (Å²) in [4.78, 5) is 0.827. The van der Waals surface area contributed by atoms with Crippen LogP contribution < -0.4 is 4.85 Å². The van der Waals surface area contributed by atoms with E-state index >= 15 is 0 Å². The Labute approximate surface area is 97.1 Å². The Morgan fingerprint density at radius 1 is 1.31 bits per heavy atom. The van der Waals surface area contributed by atoms with Crippen LogP contribution in [0, 0.1) is 11.1 Å². The van der Waals surface area contributed by atoms with Crippen LogP contribution >= 0.6 is 0 Å². The molecule has 1 heterocycles. The molecule has 1 fully saturated rings. The fourth-order valence-electron chi connectivity index (χ4n) is 2.49. The van der Waals surface area contributed by atoms with Crippen LogP contribution in [-0.4, -0.2) is 5.10 Å². The van der Waals surface area contributed by atoms with E-state index in [1.54, 1.807) is 0 Å². The summed E-state index contributed by atoms with van der Waals surface area (Å²) in [5, 5.41) is 15.7. The van der Waals surface area contributed by atoms with E-state index in [1.165, 1.54) is 32.1 Å². The molecule has 88 valence electrons. The Hall–Kier alpha value is -1.12. The molecule has 0 radical (unpaired) electrons. The zero-order valence-corrected chi connectivity index (χ0v) is 9.98. The van der Waals surface area contributed by atoms with Crippen molar-refractivity contribution < 1.29 is 4.85 Å². The first-order valence-electron chi connectivity index (χ1n) is 6.38. The fraction of sp³-hybridized carbons (Fsp3) is 0.692. The van der Waals surface area contributed by atoms with Crippen molar-refractivity contribution in [2.45, 2.75) is 51.9 Å². The maximum absolute atomic E-state index is 11.7. The van der Waals surface area contributed by atoms with Gasteiger partial charge >= 0.3 is 0 Å². The third kappa shape index (κ3) is 2.71. The molecular weight excluding hydrogens is 200 g/mol. The van der Waals surface area contributed by atoms with E-state index in [4.69, 9.17) is 0 Å². The molecule has 2 rings (SSSR count). The van der Waals surface area contributed by atoms with Crippen molar-refractivity contribution in [1.29, 1.82) is 0 Å². The molecule has 1 aromatic heterocycles. The molecule has 16 heavy (non-hydrogen) atoms. The first kappa shape index (κ1) is 11.4. The SMILES string of the molecule is CCc1ccc(CC2CCCCC2)[n+]([O-])n1. The van der Waals surface area contributed by atoms with E-state index < -0.39 is 0 Å². The van der Waals surface area contributed by atoms with Crippen LogP contribution in [0.4, 0.5) is 0 Å². The van der Waals surface area contributed by atoms with Crippen LogP contribution in [0.25, 0.3) is 0 Å². The first-order chi connectivity index (χ1) is 7.79. The molecule has 3 nitrogen and oxygen atoms in total. The molecule has 0 atom stereocenters. The minimum Gasteiger partial charge on any atom is -0.594 e. The summed E-state index contributed by atoms with van der Waals surface area (Å²) in [7, 11) is 0. The lowest BCUT2D eigenvalue weighted by atomic mass is 9.86. The van der Waals surface area contributed by atoms with Gasteiger partial charge in [0.2, 0.25) is 5.69 Å². The van der Waals surface area contributed by atoms with Crippen LogP contribution in [0.3, 0.4) is 0 Å². The van der Waals surface area contributed by atoms with Gasteiger partial charge in [0.15, 0.2) is 0 Å². The molecule has 0 bridgehead atoms. The van der Waals surface area contributed by atoms with Crippen molar-refractivity contribution in [1.82, 2.24) is 5.10 Å². The molecule has 0 aliphatic heterocycles. The van der Waals surface area contributed by atoms with Gasteiger partial charge in [-0.25, -0.2) is 0 Å². The Bertz CT molecular complexity index is 346. The molecule has 0 aromatic carbocycles. The highest BCUT2D eigenvalue weighted by Gasteiger charge is 2.18. The number of nitrogens with zero attached hydrogens (tertiary/aromatic N) is 2. The normalized spacial score (nSPS) is 17.6. The third-order valence-electron chi connectivity index (χ3n) is 3.52.